The lowest BCUT2D eigenvalue weighted by molar-refractivity contribution is 0.272. The van der Waals surface area contributed by atoms with Crippen LogP contribution in [-0.2, 0) is 0 Å². The molecule has 0 unspecified atom stereocenters. The van der Waals surface area contributed by atoms with Gasteiger partial charge in [-0.05, 0) is 48.2 Å². The first-order valence-corrected chi connectivity index (χ1v) is 8.32. The number of halogens is 1. The third kappa shape index (κ3) is 3.57. The quantitative estimate of drug-likeness (QED) is 0.800. The van der Waals surface area contributed by atoms with E-state index in [0.717, 1.165) is 31.2 Å². The highest BCUT2D eigenvalue weighted by molar-refractivity contribution is 7.11. The second-order valence-electron chi connectivity index (χ2n) is 5.13. The Morgan fingerprint density at radius 1 is 1.10 bits per heavy atom. The molecule has 1 fully saturated rings. The predicted molar refractivity (Wildman–Crippen MR) is 91.9 cm³/mol. The average molecular weight is 320 g/mol. The maximum absolute atomic E-state index is 5.93. The van der Waals surface area contributed by atoms with E-state index in [1.807, 2.05) is 18.3 Å². The fraction of sp³-hybridized carbons (Fsp3) is 0.312. The number of anilines is 1. The SMILES string of the molecule is Cc1ccsc1/C=N\N1CCN(c2ccc(Cl)cc2)CC1. The molecule has 2 heterocycles. The summed E-state index contributed by atoms with van der Waals surface area (Å²) in [5, 5.41) is 9.64. The molecule has 0 bridgehead atoms. The van der Waals surface area contributed by atoms with Gasteiger partial charge in [-0.2, -0.15) is 5.10 Å². The number of hydrogen-bond acceptors (Lipinski definition) is 4. The van der Waals surface area contributed by atoms with Crippen molar-refractivity contribution in [3.8, 4) is 0 Å². The second kappa shape index (κ2) is 6.50. The summed E-state index contributed by atoms with van der Waals surface area (Å²) in [4.78, 5) is 3.62. The number of hydrazone groups is 1. The molecule has 3 rings (SSSR count). The molecule has 3 nitrogen and oxygen atoms in total. The third-order valence-electron chi connectivity index (χ3n) is 3.69. The largest absolute Gasteiger partial charge is 0.368 e. The Balaban J connectivity index is 1.56. The number of aryl methyl sites for hydroxylation is 1. The van der Waals surface area contributed by atoms with Crippen molar-refractivity contribution in [1.82, 2.24) is 5.01 Å². The molecule has 0 amide bonds. The molecule has 0 saturated carbocycles. The summed E-state index contributed by atoms with van der Waals surface area (Å²) in [7, 11) is 0. The van der Waals surface area contributed by atoms with Crippen molar-refractivity contribution in [2.45, 2.75) is 6.92 Å². The molecule has 21 heavy (non-hydrogen) atoms. The molecule has 1 aliphatic heterocycles. The van der Waals surface area contributed by atoms with E-state index in [1.165, 1.54) is 16.1 Å². The molecular formula is C16H18ClN3S. The zero-order valence-corrected chi connectivity index (χ0v) is 13.6. The van der Waals surface area contributed by atoms with Crippen LogP contribution in [0.5, 0.6) is 0 Å². The van der Waals surface area contributed by atoms with E-state index in [1.54, 1.807) is 11.3 Å². The van der Waals surface area contributed by atoms with Gasteiger partial charge in [-0.1, -0.05) is 11.6 Å². The van der Waals surface area contributed by atoms with Crippen LogP contribution in [0, 0.1) is 6.92 Å². The first-order chi connectivity index (χ1) is 10.2. The lowest BCUT2D eigenvalue weighted by atomic mass is 10.2. The van der Waals surface area contributed by atoms with Crippen molar-refractivity contribution in [1.29, 1.82) is 0 Å². The van der Waals surface area contributed by atoms with Gasteiger partial charge in [-0.3, -0.25) is 5.01 Å². The summed E-state index contributed by atoms with van der Waals surface area (Å²) >= 11 is 7.67. The maximum Gasteiger partial charge on any atom is 0.0645 e. The molecule has 0 N–H and O–H groups in total. The highest BCUT2D eigenvalue weighted by Crippen LogP contribution is 2.19. The molecule has 1 saturated heterocycles. The molecule has 110 valence electrons. The van der Waals surface area contributed by atoms with Gasteiger partial charge >= 0.3 is 0 Å². The van der Waals surface area contributed by atoms with Gasteiger partial charge in [0.05, 0.1) is 19.3 Å². The van der Waals surface area contributed by atoms with Crippen LogP contribution in [-0.4, -0.2) is 37.4 Å². The van der Waals surface area contributed by atoms with Gasteiger partial charge in [0.2, 0.25) is 0 Å². The topological polar surface area (TPSA) is 18.8 Å². The summed E-state index contributed by atoms with van der Waals surface area (Å²) in [6.07, 6.45) is 1.98. The summed E-state index contributed by atoms with van der Waals surface area (Å²) in [6.45, 7) is 5.99. The maximum atomic E-state index is 5.93. The van der Waals surface area contributed by atoms with Crippen LogP contribution in [0.25, 0.3) is 0 Å². The molecule has 1 aliphatic rings. The highest BCUT2D eigenvalue weighted by atomic mass is 35.5. The number of hydrogen-bond donors (Lipinski definition) is 0. The van der Waals surface area contributed by atoms with Crippen molar-refractivity contribution in [2.75, 3.05) is 31.1 Å². The van der Waals surface area contributed by atoms with Gasteiger partial charge in [-0.25, -0.2) is 0 Å². The second-order valence-corrected chi connectivity index (χ2v) is 6.51. The number of thiophene rings is 1. The van der Waals surface area contributed by atoms with Gasteiger partial charge in [0, 0.05) is 28.7 Å². The molecule has 0 aliphatic carbocycles. The molecule has 2 aromatic rings. The van der Waals surface area contributed by atoms with E-state index >= 15 is 0 Å². The Morgan fingerprint density at radius 2 is 1.81 bits per heavy atom. The lowest BCUT2D eigenvalue weighted by Crippen LogP contribution is -2.44. The Morgan fingerprint density at radius 3 is 2.43 bits per heavy atom. The fourth-order valence-corrected chi connectivity index (χ4v) is 3.28. The van der Waals surface area contributed by atoms with Gasteiger partial charge in [-0.15, -0.1) is 11.3 Å². The van der Waals surface area contributed by atoms with Crippen molar-refractivity contribution in [3.05, 3.63) is 51.2 Å². The van der Waals surface area contributed by atoms with E-state index in [-0.39, 0.29) is 0 Å². The van der Waals surface area contributed by atoms with Crippen LogP contribution in [0.2, 0.25) is 5.02 Å². The van der Waals surface area contributed by atoms with Gasteiger partial charge in [0.1, 0.15) is 0 Å². The fourth-order valence-electron chi connectivity index (χ4n) is 2.37. The summed E-state index contributed by atoms with van der Waals surface area (Å²) in [6, 6.07) is 10.2. The van der Waals surface area contributed by atoms with Crippen LogP contribution >= 0.6 is 22.9 Å². The van der Waals surface area contributed by atoms with E-state index in [2.05, 4.69) is 45.5 Å². The monoisotopic (exact) mass is 319 g/mol. The Labute approximate surface area is 134 Å². The van der Waals surface area contributed by atoms with Gasteiger partial charge in [0.25, 0.3) is 0 Å². The van der Waals surface area contributed by atoms with Crippen LogP contribution in [0.3, 0.4) is 0 Å². The first-order valence-electron chi connectivity index (χ1n) is 7.06. The Kier molecular flexibility index (Phi) is 4.46. The number of nitrogens with zero attached hydrogens (tertiary/aromatic N) is 3. The minimum Gasteiger partial charge on any atom is -0.368 e. The average Bonchev–Trinajstić information content (AvgIpc) is 2.92. The third-order valence-corrected chi connectivity index (χ3v) is 4.89. The number of benzene rings is 1. The normalized spacial score (nSPS) is 15.9. The summed E-state index contributed by atoms with van der Waals surface area (Å²) < 4.78 is 0. The molecule has 0 radical (unpaired) electrons. The summed E-state index contributed by atoms with van der Waals surface area (Å²) in [5.74, 6) is 0. The van der Waals surface area contributed by atoms with E-state index in [0.29, 0.717) is 0 Å². The molecular weight excluding hydrogens is 302 g/mol. The highest BCUT2D eigenvalue weighted by Gasteiger charge is 2.15. The van der Waals surface area contributed by atoms with Crippen LogP contribution in [0.1, 0.15) is 10.4 Å². The lowest BCUT2D eigenvalue weighted by Gasteiger charge is -2.34. The Hall–Kier alpha value is -1.52. The minimum atomic E-state index is 0.785. The zero-order chi connectivity index (χ0) is 14.7. The van der Waals surface area contributed by atoms with Crippen molar-refractivity contribution >= 4 is 34.8 Å². The molecule has 1 aromatic carbocycles. The van der Waals surface area contributed by atoms with Crippen molar-refractivity contribution < 1.29 is 0 Å². The zero-order valence-electron chi connectivity index (χ0n) is 12.0. The molecule has 0 atom stereocenters. The van der Waals surface area contributed by atoms with Crippen LogP contribution in [0.4, 0.5) is 5.69 Å². The van der Waals surface area contributed by atoms with Crippen LogP contribution in [0.15, 0.2) is 40.8 Å². The van der Waals surface area contributed by atoms with Gasteiger partial charge in [0.15, 0.2) is 0 Å². The van der Waals surface area contributed by atoms with Gasteiger partial charge < -0.3 is 4.90 Å². The molecule has 5 heteroatoms. The van der Waals surface area contributed by atoms with E-state index < -0.39 is 0 Å². The Bertz CT molecular complexity index is 613. The van der Waals surface area contributed by atoms with Crippen molar-refractivity contribution in [3.63, 3.8) is 0 Å². The van der Waals surface area contributed by atoms with Crippen molar-refractivity contribution in [2.24, 2.45) is 5.10 Å². The predicted octanol–water partition coefficient (Wildman–Crippen LogP) is 3.87. The van der Waals surface area contributed by atoms with Crippen LogP contribution < -0.4 is 4.90 Å². The molecule has 0 spiro atoms. The smallest absolute Gasteiger partial charge is 0.0645 e. The molecule has 1 aromatic heterocycles. The first kappa shape index (κ1) is 14.4. The summed E-state index contributed by atoms with van der Waals surface area (Å²) in [5.41, 5.74) is 2.53. The van der Waals surface area contributed by atoms with E-state index in [4.69, 9.17) is 11.6 Å². The standard InChI is InChI=1S/C16H18ClN3S/c1-13-6-11-21-16(13)12-18-20-9-7-19(8-10-20)15-4-2-14(17)3-5-15/h2-6,11-12H,7-10H2,1H3/b18-12-. The minimum absolute atomic E-state index is 0.785. The number of rotatable bonds is 3. The van der Waals surface area contributed by atoms with E-state index in [9.17, 15) is 0 Å². The number of piperazine rings is 1.